The monoisotopic (exact) mass is 326 g/mol. The van der Waals surface area contributed by atoms with E-state index in [0.29, 0.717) is 0 Å². The van der Waals surface area contributed by atoms with Crippen LogP contribution in [0.4, 0.5) is 0 Å². The van der Waals surface area contributed by atoms with Gasteiger partial charge in [-0.25, -0.2) is 0 Å². The normalized spacial score (nSPS) is 17.0. The molecule has 0 spiro atoms. The Morgan fingerprint density at radius 2 is 2.06 bits per heavy atom. The molecule has 3 heteroatoms. The molecule has 1 aromatic rings. The van der Waals surface area contributed by atoms with Crippen molar-refractivity contribution in [3.8, 4) is 12.3 Å². The molecule has 0 radical (unpaired) electrons. The van der Waals surface area contributed by atoms with E-state index in [9.17, 15) is 0 Å². The number of hydrogen-bond acceptors (Lipinski definition) is 2. The number of piperazine rings is 1. The number of terminal acetylenes is 1. The average molecular weight is 326 g/mol. The first-order valence-corrected chi connectivity index (χ1v) is 6.55. The molecule has 0 unspecified atom stereocenters. The lowest BCUT2D eigenvalue weighted by molar-refractivity contribution is 0.233. The standard InChI is InChI=1S/C13H15IN2/c1-2-11-7-12(9-13(14)8-11)10-16-5-3-15-4-6-16/h1,7-9,15H,3-6,10H2. The van der Waals surface area contributed by atoms with Gasteiger partial charge in [-0.15, -0.1) is 6.42 Å². The lowest BCUT2D eigenvalue weighted by atomic mass is 10.1. The summed E-state index contributed by atoms with van der Waals surface area (Å²) < 4.78 is 1.22. The van der Waals surface area contributed by atoms with E-state index in [0.717, 1.165) is 38.3 Å². The lowest BCUT2D eigenvalue weighted by Gasteiger charge is -2.27. The molecule has 1 aromatic carbocycles. The van der Waals surface area contributed by atoms with Crippen LogP contribution in [0.25, 0.3) is 0 Å². The van der Waals surface area contributed by atoms with Gasteiger partial charge in [-0.2, -0.15) is 0 Å². The molecule has 0 saturated carbocycles. The smallest absolute Gasteiger partial charge is 0.0256 e. The minimum Gasteiger partial charge on any atom is -0.314 e. The Kier molecular flexibility index (Phi) is 4.22. The van der Waals surface area contributed by atoms with Crippen LogP contribution < -0.4 is 5.32 Å². The first-order chi connectivity index (χ1) is 7.78. The molecule has 1 N–H and O–H groups in total. The SMILES string of the molecule is C#Cc1cc(I)cc(CN2CCNCC2)c1. The Labute approximate surface area is 111 Å². The van der Waals surface area contributed by atoms with Gasteiger partial charge in [0.1, 0.15) is 0 Å². The van der Waals surface area contributed by atoms with Crippen LogP contribution in [0.2, 0.25) is 0 Å². The van der Waals surface area contributed by atoms with E-state index < -0.39 is 0 Å². The molecule has 1 saturated heterocycles. The van der Waals surface area contributed by atoms with Crippen molar-refractivity contribution < 1.29 is 0 Å². The highest BCUT2D eigenvalue weighted by Crippen LogP contribution is 2.14. The molecule has 1 heterocycles. The maximum atomic E-state index is 5.44. The molecular weight excluding hydrogens is 311 g/mol. The molecule has 2 rings (SSSR count). The summed E-state index contributed by atoms with van der Waals surface area (Å²) in [5, 5.41) is 3.36. The predicted octanol–water partition coefficient (Wildman–Crippen LogP) is 1.68. The van der Waals surface area contributed by atoms with Crippen molar-refractivity contribution in [2.75, 3.05) is 26.2 Å². The van der Waals surface area contributed by atoms with Gasteiger partial charge in [-0.1, -0.05) is 5.92 Å². The van der Waals surface area contributed by atoms with Gasteiger partial charge in [0.2, 0.25) is 0 Å². The van der Waals surface area contributed by atoms with Crippen LogP contribution in [-0.4, -0.2) is 31.1 Å². The van der Waals surface area contributed by atoms with Crippen molar-refractivity contribution in [3.63, 3.8) is 0 Å². The fourth-order valence-electron chi connectivity index (χ4n) is 1.95. The second-order valence-corrected chi connectivity index (χ2v) is 5.26. The fourth-order valence-corrected chi connectivity index (χ4v) is 2.69. The van der Waals surface area contributed by atoms with Crippen molar-refractivity contribution in [1.82, 2.24) is 10.2 Å². The topological polar surface area (TPSA) is 15.3 Å². The Morgan fingerprint density at radius 1 is 1.31 bits per heavy atom. The van der Waals surface area contributed by atoms with Gasteiger partial charge in [-0.3, -0.25) is 4.90 Å². The third-order valence-corrected chi connectivity index (χ3v) is 3.36. The van der Waals surface area contributed by atoms with Gasteiger partial charge in [0.25, 0.3) is 0 Å². The van der Waals surface area contributed by atoms with Crippen LogP contribution in [-0.2, 0) is 6.54 Å². The van der Waals surface area contributed by atoms with E-state index in [-0.39, 0.29) is 0 Å². The number of benzene rings is 1. The van der Waals surface area contributed by atoms with E-state index in [4.69, 9.17) is 6.42 Å². The van der Waals surface area contributed by atoms with Gasteiger partial charge >= 0.3 is 0 Å². The van der Waals surface area contributed by atoms with Crippen LogP contribution in [0, 0.1) is 15.9 Å². The van der Waals surface area contributed by atoms with Gasteiger partial charge in [0.05, 0.1) is 0 Å². The fraction of sp³-hybridized carbons (Fsp3) is 0.385. The van der Waals surface area contributed by atoms with Gasteiger partial charge in [0, 0.05) is 41.9 Å². The van der Waals surface area contributed by atoms with Gasteiger partial charge < -0.3 is 5.32 Å². The predicted molar refractivity (Wildman–Crippen MR) is 75.2 cm³/mol. The Bertz CT molecular complexity index is 403. The van der Waals surface area contributed by atoms with E-state index in [1.165, 1.54) is 9.13 Å². The van der Waals surface area contributed by atoms with E-state index >= 15 is 0 Å². The molecule has 2 nitrogen and oxygen atoms in total. The highest BCUT2D eigenvalue weighted by molar-refractivity contribution is 14.1. The lowest BCUT2D eigenvalue weighted by Crippen LogP contribution is -2.42. The molecule has 16 heavy (non-hydrogen) atoms. The van der Waals surface area contributed by atoms with E-state index in [1.54, 1.807) is 0 Å². The largest absolute Gasteiger partial charge is 0.314 e. The zero-order valence-corrected chi connectivity index (χ0v) is 11.3. The Morgan fingerprint density at radius 3 is 2.75 bits per heavy atom. The first-order valence-electron chi connectivity index (χ1n) is 5.47. The van der Waals surface area contributed by atoms with Crippen LogP contribution in [0.5, 0.6) is 0 Å². The quantitative estimate of drug-likeness (QED) is 0.657. The maximum absolute atomic E-state index is 5.44. The molecule has 0 bridgehead atoms. The van der Waals surface area contributed by atoms with E-state index in [1.807, 2.05) is 6.07 Å². The zero-order chi connectivity index (χ0) is 11.4. The van der Waals surface area contributed by atoms with Gasteiger partial charge in [0.15, 0.2) is 0 Å². The summed E-state index contributed by atoms with van der Waals surface area (Å²) in [7, 11) is 0. The molecule has 0 aliphatic carbocycles. The summed E-state index contributed by atoms with van der Waals surface area (Å²) in [6, 6.07) is 6.37. The van der Waals surface area contributed by atoms with Crippen molar-refractivity contribution in [2.45, 2.75) is 6.54 Å². The van der Waals surface area contributed by atoms with Crippen LogP contribution in [0.3, 0.4) is 0 Å². The summed E-state index contributed by atoms with van der Waals surface area (Å²) >= 11 is 2.32. The minimum absolute atomic E-state index is 0.983. The van der Waals surface area contributed by atoms with Gasteiger partial charge in [-0.05, 0) is 46.4 Å². The number of hydrogen-bond donors (Lipinski definition) is 1. The second-order valence-electron chi connectivity index (χ2n) is 4.02. The second kappa shape index (κ2) is 5.67. The maximum Gasteiger partial charge on any atom is 0.0256 e. The number of nitrogens with zero attached hydrogens (tertiary/aromatic N) is 1. The summed E-state index contributed by atoms with van der Waals surface area (Å²) in [5.41, 5.74) is 2.30. The molecular formula is C13H15IN2. The summed E-state index contributed by atoms with van der Waals surface area (Å²) in [6.07, 6.45) is 5.44. The summed E-state index contributed by atoms with van der Waals surface area (Å²) in [5.74, 6) is 2.71. The summed E-state index contributed by atoms with van der Waals surface area (Å²) in [4.78, 5) is 2.46. The van der Waals surface area contributed by atoms with Crippen molar-refractivity contribution >= 4 is 22.6 Å². The number of nitrogens with one attached hydrogen (secondary N) is 1. The van der Waals surface area contributed by atoms with Crippen molar-refractivity contribution in [1.29, 1.82) is 0 Å². The first kappa shape index (κ1) is 11.9. The van der Waals surface area contributed by atoms with E-state index in [2.05, 4.69) is 50.9 Å². The molecule has 1 aliphatic rings. The Balaban J connectivity index is 2.08. The molecule has 0 aromatic heterocycles. The van der Waals surface area contributed by atoms with Crippen LogP contribution >= 0.6 is 22.6 Å². The molecule has 1 fully saturated rings. The number of halogens is 1. The van der Waals surface area contributed by atoms with Crippen LogP contribution in [0.15, 0.2) is 18.2 Å². The van der Waals surface area contributed by atoms with Crippen molar-refractivity contribution in [2.24, 2.45) is 0 Å². The average Bonchev–Trinajstić information content (AvgIpc) is 2.29. The molecule has 84 valence electrons. The third kappa shape index (κ3) is 3.21. The molecule has 0 atom stereocenters. The Hall–Kier alpha value is -0.570. The van der Waals surface area contributed by atoms with Crippen molar-refractivity contribution in [3.05, 3.63) is 32.9 Å². The third-order valence-electron chi connectivity index (χ3n) is 2.74. The number of rotatable bonds is 2. The van der Waals surface area contributed by atoms with Crippen LogP contribution in [0.1, 0.15) is 11.1 Å². The highest BCUT2D eigenvalue weighted by atomic mass is 127. The zero-order valence-electron chi connectivity index (χ0n) is 9.17. The molecule has 1 aliphatic heterocycles. The minimum atomic E-state index is 0.983. The molecule has 0 amide bonds. The highest BCUT2D eigenvalue weighted by Gasteiger charge is 2.10. The summed E-state index contributed by atoms with van der Waals surface area (Å²) in [6.45, 7) is 5.43.